The first kappa shape index (κ1) is 14.7. The lowest BCUT2D eigenvalue weighted by molar-refractivity contribution is -0.149. The summed E-state index contributed by atoms with van der Waals surface area (Å²) in [4.78, 5) is 25.1. The number of rotatable bonds is 3. The van der Waals surface area contributed by atoms with E-state index in [4.69, 9.17) is 5.73 Å². The van der Waals surface area contributed by atoms with Crippen molar-refractivity contribution in [3.05, 3.63) is 0 Å². The van der Waals surface area contributed by atoms with E-state index in [9.17, 15) is 14.7 Å². The first-order chi connectivity index (χ1) is 9.02. The molecule has 1 saturated heterocycles. The van der Waals surface area contributed by atoms with Crippen molar-refractivity contribution in [2.45, 2.75) is 50.1 Å². The molecule has 2 fully saturated rings. The number of hydrogen-bond donors (Lipinski definition) is 2. The summed E-state index contributed by atoms with van der Waals surface area (Å²) in [6.07, 6.45) is 5.37. The maximum atomic E-state index is 12.4. The Kier molecular flexibility index (Phi) is 4.73. The molecule has 5 nitrogen and oxygen atoms in total. The second-order valence-corrected chi connectivity index (χ2v) is 6.77. The van der Waals surface area contributed by atoms with Gasteiger partial charge in [-0.05, 0) is 12.8 Å². The van der Waals surface area contributed by atoms with E-state index in [1.807, 2.05) is 0 Å². The molecule has 2 aliphatic rings. The van der Waals surface area contributed by atoms with Gasteiger partial charge in [0, 0.05) is 30.0 Å². The first-order valence-corrected chi connectivity index (χ1v) is 8.06. The smallest absolute Gasteiger partial charge is 0.327 e. The van der Waals surface area contributed by atoms with Gasteiger partial charge in [-0.3, -0.25) is 4.79 Å². The van der Waals surface area contributed by atoms with Crippen LogP contribution in [0.5, 0.6) is 0 Å². The second-order valence-electron chi connectivity index (χ2n) is 5.62. The van der Waals surface area contributed by atoms with Crippen LogP contribution >= 0.6 is 11.8 Å². The Morgan fingerprint density at radius 2 is 2.00 bits per heavy atom. The average Bonchev–Trinajstić information content (AvgIpc) is 2.39. The number of nitrogens with zero attached hydrogens (tertiary/aromatic N) is 1. The maximum Gasteiger partial charge on any atom is 0.327 e. The van der Waals surface area contributed by atoms with E-state index < -0.39 is 17.6 Å². The van der Waals surface area contributed by atoms with Crippen molar-refractivity contribution in [3.63, 3.8) is 0 Å². The lowest BCUT2D eigenvalue weighted by Gasteiger charge is -2.38. The van der Waals surface area contributed by atoms with E-state index >= 15 is 0 Å². The third kappa shape index (κ3) is 3.63. The topological polar surface area (TPSA) is 83.6 Å². The van der Waals surface area contributed by atoms with Crippen molar-refractivity contribution in [2.75, 3.05) is 18.1 Å². The van der Waals surface area contributed by atoms with Gasteiger partial charge in [0.05, 0.1) is 0 Å². The summed E-state index contributed by atoms with van der Waals surface area (Å²) in [5.41, 5.74) is 5.87. The summed E-state index contributed by atoms with van der Waals surface area (Å²) < 4.78 is 0. The fourth-order valence-corrected chi connectivity index (χ4v) is 3.98. The Labute approximate surface area is 117 Å². The number of carbonyl (C=O) groups excluding carboxylic acids is 1. The Hall–Kier alpha value is -0.750. The molecule has 0 bridgehead atoms. The van der Waals surface area contributed by atoms with Gasteiger partial charge in [-0.1, -0.05) is 19.3 Å². The molecule has 1 atom stereocenters. The molecule has 0 aromatic heterocycles. The Balaban J connectivity index is 1.99. The molecule has 1 aliphatic heterocycles. The zero-order valence-corrected chi connectivity index (χ0v) is 12.0. The van der Waals surface area contributed by atoms with Crippen molar-refractivity contribution in [1.82, 2.24) is 4.90 Å². The molecule has 1 aliphatic carbocycles. The molecule has 0 aromatic carbocycles. The van der Waals surface area contributed by atoms with Crippen molar-refractivity contribution in [2.24, 2.45) is 5.73 Å². The number of hydrogen-bond acceptors (Lipinski definition) is 4. The number of thioether (sulfide) groups is 1. The van der Waals surface area contributed by atoms with Gasteiger partial charge >= 0.3 is 5.97 Å². The highest BCUT2D eigenvalue weighted by Crippen LogP contribution is 2.30. The number of nitrogens with two attached hydrogens (primary N) is 1. The van der Waals surface area contributed by atoms with Crippen LogP contribution in [0.1, 0.15) is 38.5 Å². The molecule has 108 valence electrons. The molecule has 0 radical (unpaired) electrons. The van der Waals surface area contributed by atoms with E-state index in [0.717, 1.165) is 31.4 Å². The maximum absolute atomic E-state index is 12.4. The quantitative estimate of drug-likeness (QED) is 0.810. The largest absolute Gasteiger partial charge is 0.480 e. The van der Waals surface area contributed by atoms with Crippen LogP contribution in [0.15, 0.2) is 0 Å². The summed E-state index contributed by atoms with van der Waals surface area (Å²) in [7, 11) is 0. The molecule has 2 rings (SSSR count). The average molecular weight is 286 g/mol. The van der Waals surface area contributed by atoms with Gasteiger partial charge in [-0.25, -0.2) is 4.79 Å². The Bertz CT molecular complexity index is 356. The van der Waals surface area contributed by atoms with Gasteiger partial charge in [0.15, 0.2) is 0 Å². The van der Waals surface area contributed by atoms with Crippen LogP contribution in [-0.2, 0) is 9.59 Å². The molecule has 0 aromatic rings. The summed E-state index contributed by atoms with van der Waals surface area (Å²) in [5.74, 6) is 0.304. The molecule has 0 spiro atoms. The predicted molar refractivity (Wildman–Crippen MR) is 75.1 cm³/mol. The summed E-state index contributed by atoms with van der Waals surface area (Å²) >= 11 is 1.59. The second kappa shape index (κ2) is 6.13. The van der Waals surface area contributed by atoms with Gasteiger partial charge in [-0.15, -0.1) is 0 Å². The van der Waals surface area contributed by atoms with Crippen molar-refractivity contribution < 1.29 is 14.7 Å². The molecule has 19 heavy (non-hydrogen) atoms. The molecular formula is C13H22N2O3S. The third-order valence-corrected chi connectivity index (χ3v) is 5.11. The molecule has 1 amide bonds. The number of carboxylic acids is 1. The molecule has 1 heterocycles. The molecular weight excluding hydrogens is 264 g/mol. The third-order valence-electron chi connectivity index (χ3n) is 4.09. The Morgan fingerprint density at radius 3 is 2.63 bits per heavy atom. The summed E-state index contributed by atoms with van der Waals surface area (Å²) in [5, 5.41) is 9.19. The Morgan fingerprint density at radius 1 is 1.32 bits per heavy atom. The molecule has 1 saturated carbocycles. The lowest BCUT2D eigenvalue weighted by Crippen LogP contribution is -2.54. The normalized spacial score (nSPS) is 27.0. The van der Waals surface area contributed by atoms with Gasteiger partial charge < -0.3 is 15.7 Å². The predicted octanol–water partition coefficient (Wildman–Crippen LogP) is 1.07. The van der Waals surface area contributed by atoms with Gasteiger partial charge in [0.25, 0.3) is 0 Å². The number of carboxylic acid groups (broad SMARTS) is 1. The number of carbonyl (C=O) groups is 2. The zero-order valence-electron chi connectivity index (χ0n) is 11.1. The van der Waals surface area contributed by atoms with Crippen LogP contribution in [0.25, 0.3) is 0 Å². The zero-order chi connectivity index (χ0) is 13.9. The van der Waals surface area contributed by atoms with Crippen molar-refractivity contribution in [1.29, 1.82) is 0 Å². The molecule has 3 N–H and O–H groups in total. The monoisotopic (exact) mass is 286 g/mol. The highest BCUT2D eigenvalue weighted by atomic mass is 32.2. The highest BCUT2D eigenvalue weighted by molar-refractivity contribution is 7.99. The van der Waals surface area contributed by atoms with E-state index in [-0.39, 0.29) is 5.91 Å². The first-order valence-electron chi connectivity index (χ1n) is 6.91. The lowest BCUT2D eigenvalue weighted by atomic mass is 9.80. The minimum absolute atomic E-state index is 0.0860. The molecule has 1 unspecified atom stereocenters. The van der Waals surface area contributed by atoms with Gasteiger partial charge in [0.2, 0.25) is 5.91 Å². The van der Waals surface area contributed by atoms with E-state index in [2.05, 4.69) is 0 Å². The van der Waals surface area contributed by atoms with Crippen LogP contribution < -0.4 is 5.73 Å². The van der Waals surface area contributed by atoms with Gasteiger partial charge in [0.1, 0.15) is 6.04 Å². The minimum atomic E-state index is -0.907. The SMILES string of the molecule is NC1(CC(=O)N2CCSCC2C(=O)O)CCCCC1. The summed E-state index contributed by atoms with van der Waals surface area (Å²) in [6.45, 7) is 0.524. The van der Waals surface area contributed by atoms with E-state index in [0.29, 0.717) is 18.7 Å². The standard InChI is InChI=1S/C13H22N2O3S/c14-13(4-2-1-3-5-13)8-11(16)15-6-7-19-9-10(15)12(17)18/h10H,1-9,14H2,(H,17,18). The molecule has 6 heteroatoms. The summed E-state index contributed by atoms with van der Waals surface area (Å²) in [6, 6.07) is -0.682. The van der Waals surface area contributed by atoms with Gasteiger partial charge in [-0.2, -0.15) is 11.8 Å². The van der Waals surface area contributed by atoms with Crippen LogP contribution in [0.4, 0.5) is 0 Å². The van der Waals surface area contributed by atoms with Crippen LogP contribution in [-0.4, -0.2) is 51.5 Å². The van der Waals surface area contributed by atoms with E-state index in [1.165, 1.54) is 11.3 Å². The van der Waals surface area contributed by atoms with Crippen LogP contribution in [0.3, 0.4) is 0 Å². The van der Waals surface area contributed by atoms with Crippen molar-refractivity contribution >= 4 is 23.6 Å². The van der Waals surface area contributed by atoms with E-state index in [1.54, 1.807) is 11.8 Å². The number of amides is 1. The van der Waals surface area contributed by atoms with Crippen LogP contribution in [0, 0.1) is 0 Å². The minimum Gasteiger partial charge on any atom is -0.480 e. The fraction of sp³-hybridized carbons (Fsp3) is 0.846. The fourth-order valence-electron chi connectivity index (χ4n) is 2.94. The van der Waals surface area contributed by atoms with Crippen LogP contribution in [0.2, 0.25) is 0 Å². The highest BCUT2D eigenvalue weighted by Gasteiger charge is 2.37. The number of aliphatic carboxylic acids is 1. The van der Waals surface area contributed by atoms with Crippen molar-refractivity contribution in [3.8, 4) is 0 Å².